The van der Waals surface area contributed by atoms with Gasteiger partial charge in [0.15, 0.2) is 0 Å². The summed E-state index contributed by atoms with van der Waals surface area (Å²) in [5.41, 5.74) is 1.02. The molecule has 0 aliphatic rings. The Kier molecular flexibility index (Phi) is 3.73. The van der Waals surface area contributed by atoms with Crippen LogP contribution in [0.1, 0.15) is 11.3 Å². The molecule has 2 aromatic carbocycles. The van der Waals surface area contributed by atoms with Crippen molar-refractivity contribution in [2.45, 2.75) is 6.42 Å². The first-order valence-corrected chi connectivity index (χ1v) is 6.96. The van der Waals surface area contributed by atoms with E-state index < -0.39 is 5.69 Å². The van der Waals surface area contributed by atoms with Gasteiger partial charge in [0.2, 0.25) is 5.88 Å². The highest BCUT2D eigenvalue weighted by molar-refractivity contribution is 6.32. The number of H-pyrrole nitrogens is 1. The molecule has 1 aromatic heterocycles. The van der Waals surface area contributed by atoms with E-state index in [-0.39, 0.29) is 18.1 Å². The maximum Gasteiger partial charge on any atom is 0.333 e. The van der Waals surface area contributed by atoms with Crippen LogP contribution in [0, 0.1) is 5.82 Å². The number of rotatable bonds is 3. The maximum absolute atomic E-state index is 12.9. The Bertz CT molecular complexity index is 869. The molecule has 0 aliphatic carbocycles. The second-order valence-electron chi connectivity index (χ2n) is 4.82. The minimum absolute atomic E-state index is 0.206. The largest absolute Gasteiger partial charge is 0.493 e. The van der Waals surface area contributed by atoms with E-state index in [1.54, 1.807) is 36.4 Å². The lowest BCUT2D eigenvalue weighted by molar-refractivity contribution is 0.435. The highest BCUT2D eigenvalue weighted by Crippen LogP contribution is 2.25. The molecule has 2 N–H and O–H groups in total. The van der Waals surface area contributed by atoms with Gasteiger partial charge in [-0.3, -0.25) is 0 Å². The highest BCUT2D eigenvalue weighted by Gasteiger charge is 2.16. The molecule has 0 saturated carbocycles. The van der Waals surface area contributed by atoms with E-state index in [0.717, 1.165) is 10.1 Å². The fourth-order valence-electron chi connectivity index (χ4n) is 2.26. The lowest BCUT2D eigenvalue weighted by Gasteiger charge is -2.06. The average molecular weight is 319 g/mol. The van der Waals surface area contributed by atoms with Crippen molar-refractivity contribution in [2.75, 3.05) is 0 Å². The van der Waals surface area contributed by atoms with Gasteiger partial charge in [0.1, 0.15) is 5.82 Å². The SMILES string of the molecule is O=c1[nH]c(Cc2ccc(F)cc2)c(O)n1-c1ccccc1Cl. The molecule has 0 atom stereocenters. The zero-order valence-electron chi connectivity index (χ0n) is 11.4. The number of para-hydroxylation sites is 1. The monoisotopic (exact) mass is 318 g/mol. The molecule has 3 rings (SSSR count). The van der Waals surface area contributed by atoms with E-state index in [1.165, 1.54) is 12.1 Å². The first kappa shape index (κ1) is 14.4. The maximum atomic E-state index is 12.9. The summed E-state index contributed by atoms with van der Waals surface area (Å²) in [6, 6.07) is 12.6. The molecule has 0 aliphatic heterocycles. The molecule has 0 radical (unpaired) electrons. The van der Waals surface area contributed by atoms with Crippen molar-refractivity contribution >= 4 is 11.6 Å². The summed E-state index contributed by atoms with van der Waals surface area (Å²) < 4.78 is 14.0. The number of aromatic nitrogens is 2. The van der Waals surface area contributed by atoms with Gasteiger partial charge < -0.3 is 10.1 Å². The second-order valence-corrected chi connectivity index (χ2v) is 5.23. The van der Waals surface area contributed by atoms with Gasteiger partial charge >= 0.3 is 5.69 Å². The Hall–Kier alpha value is -2.53. The lowest BCUT2D eigenvalue weighted by Crippen LogP contribution is -2.14. The minimum Gasteiger partial charge on any atom is -0.493 e. The van der Waals surface area contributed by atoms with Crippen molar-refractivity contribution < 1.29 is 9.50 Å². The first-order valence-electron chi connectivity index (χ1n) is 6.58. The number of halogens is 2. The number of hydrogen-bond donors (Lipinski definition) is 2. The van der Waals surface area contributed by atoms with Crippen LogP contribution in [-0.2, 0) is 6.42 Å². The van der Waals surface area contributed by atoms with Gasteiger partial charge in [0, 0.05) is 6.42 Å². The molecule has 3 aromatic rings. The Morgan fingerprint density at radius 3 is 2.50 bits per heavy atom. The quantitative estimate of drug-likeness (QED) is 0.779. The van der Waals surface area contributed by atoms with Crippen LogP contribution in [0.4, 0.5) is 4.39 Å². The van der Waals surface area contributed by atoms with Crippen molar-refractivity contribution in [1.82, 2.24) is 9.55 Å². The molecular weight excluding hydrogens is 307 g/mol. The van der Waals surface area contributed by atoms with E-state index in [9.17, 15) is 14.3 Å². The van der Waals surface area contributed by atoms with E-state index in [0.29, 0.717) is 16.4 Å². The third-order valence-corrected chi connectivity index (χ3v) is 3.65. The van der Waals surface area contributed by atoms with Gasteiger partial charge in [-0.25, -0.2) is 13.8 Å². The minimum atomic E-state index is -0.484. The van der Waals surface area contributed by atoms with Crippen LogP contribution in [0.5, 0.6) is 5.88 Å². The summed E-state index contributed by atoms with van der Waals surface area (Å²) in [5, 5.41) is 10.7. The molecule has 1 heterocycles. The smallest absolute Gasteiger partial charge is 0.333 e. The first-order chi connectivity index (χ1) is 10.6. The Morgan fingerprint density at radius 1 is 1.14 bits per heavy atom. The Morgan fingerprint density at radius 2 is 1.82 bits per heavy atom. The number of imidazole rings is 1. The van der Waals surface area contributed by atoms with Crippen LogP contribution in [-0.4, -0.2) is 14.7 Å². The third-order valence-electron chi connectivity index (χ3n) is 3.33. The lowest BCUT2D eigenvalue weighted by atomic mass is 10.1. The summed E-state index contributed by atoms with van der Waals surface area (Å²) in [4.78, 5) is 14.7. The summed E-state index contributed by atoms with van der Waals surface area (Å²) in [6.07, 6.45) is 0.277. The normalized spacial score (nSPS) is 10.8. The topological polar surface area (TPSA) is 58.0 Å². The fourth-order valence-corrected chi connectivity index (χ4v) is 2.48. The van der Waals surface area contributed by atoms with Crippen molar-refractivity contribution in [1.29, 1.82) is 0 Å². The zero-order valence-corrected chi connectivity index (χ0v) is 12.1. The molecule has 22 heavy (non-hydrogen) atoms. The van der Waals surface area contributed by atoms with E-state index in [1.807, 2.05) is 0 Å². The number of aromatic amines is 1. The molecule has 0 bridgehead atoms. The average Bonchev–Trinajstić information content (AvgIpc) is 2.77. The number of benzene rings is 2. The molecule has 0 fully saturated rings. The van der Waals surface area contributed by atoms with Crippen molar-refractivity contribution in [2.24, 2.45) is 0 Å². The van der Waals surface area contributed by atoms with Gasteiger partial charge in [-0.15, -0.1) is 0 Å². The standard InChI is InChI=1S/C16H12ClFN2O2/c17-12-3-1-2-4-14(12)20-15(21)13(19-16(20)22)9-10-5-7-11(18)8-6-10/h1-8,21H,9H2,(H,19,22). The molecule has 112 valence electrons. The van der Waals surface area contributed by atoms with Crippen LogP contribution < -0.4 is 5.69 Å². The van der Waals surface area contributed by atoms with Gasteiger partial charge in [0.25, 0.3) is 0 Å². The second kappa shape index (κ2) is 5.69. The van der Waals surface area contributed by atoms with Crippen LogP contribution in [0.3, 0.4) is 0 Å². The van der Waals surface area contributed by atoms with Crippen LogP contribution in [0.15, 0.2) is 53.3 Å². The molecular formula is C16H12ClFN2O2. The van der Waals surface area contributed by atoms with Crippen molar-refractivity contribution in [3.63, 3.8) is 0 Å². The number of aromatic hydroxyl groups is 1. The zero-order chi connectivity index (χ0) is 15.7. The molecule has 0 saturated heterocycles. The summed E-state index contributed by atoms with van der Waals surface area (Å²) in [5.74, 6) is -0.544. The van der Waals surface area contributed by atoms with Crippen LogP contribution >= 0.6 is 11.6 Å². The van der Waals surface area contributed by atoms with E-state index >= 15 is 0 Å². The molecule has 4 nitrogen and oxygen atoms in total. The molecule has 0 amide bonds. The van der Waals surface area contributed by atoms with Crippen molar-refractivity contribution in [3.8, 4) is 11.6 Å². The summed E-state index contributed by atoms with van der Waals surface area (Å²) in [7, 11) is 0. The number of nitrogens with zero attached hydrogens (tertiary/aromatic N) is 1. The van der Waals surface area contributed by atoms with Crippen molar-refractivity contribution in [3.05, 3.63) is 81.1 Å². The predicted octanol–water partition coefficient (Wildman–Crippen LogP) is 3.25. The number of nitrogens with one attached hydrogen (secondary N) is 1. The summed E-state index contributed by atoms with van der Waals surface area (Å²) >= 11 is 6.06. The summed E-state index contributed by atoms with van der Waals surface area (Å²) in [6.45, 7) is 0. The molecule has 6 heteroatoms. The van der Waals surface area contributed by atoms with Gasteiger partial charge in [-0.05, 0) is 29.8 Å². The predicted molar refractivity (Wildman–Crippen MR) is 82.3 cm³/mol. The van der Waals surface area contributed by atoms with E-state index in [4.69, 9.17) is 11.6 Å². The van der Waals surface area contributed by atoms with Gasteiger partial charge in [0.05, 0.1) is 16.4 Å². The van der Waals surface area contributed by atoms with Crippen LogP contribution in [0.2, 0.25) is 5.02 Å². The molecule has 0 spiro atoms. The Labute approximate surface area is 130 Å². The third kappa shape index (κ3) is 2.63. The Balaban J connectivity index is 2.02. The van der Waals surface area contributed by atoms with Gasteiger partial charge in [-0.2, -0.15) is 0 Å². The molecule has 0 unspecified atom stereocenters. The van der Waals surface area contributed by atoms with Crippen LogP contribution in [0.25, 0.3) is 5.69 Å². The number of hydrogen-bond acceptors (Lipinski definition) is 2. The van der Waals surface area contributed by atoms with Gasteiger partial charge in [-0.1, -0.05) is 35.9 Å². The van der Waals surface area contributed by atoms with E-state index in [2.05, 4.69) is 4.98 Å². The fraction of sp³-hybridized carbons (Fsp3) is 0.0625. The highest BCUT2D eigenvalue weighted by atomic mass is 35.5.